The van der Waals surface area contributed by atoms with Gasteiger partial charge in [-0.05, 0) is 56.7 Å². The fraction of sp³-hybridized carbons (Fsp3) is 0.200. The Morgan fingerprint density at radius 1 is 1.07 bits per heavy atom. The summed E-state index contributed by atoms with van der Waals surface area (Å²) in [7, 11) is 0. The average molecular weight is 364 g/mol. The minimum absolute atomic E-state index is 0.248. The summed E-state index contributed by atoms with van der Waals surface area (Å²) < 4.78 is 6.66. The summed E-state index contributed by atoms with van der Waals surface area (Å²) in [6.45, 7) is 5.79. The van der Waals surface area contributed by atoms with Crippen molar-refractivity contribution in [3.05, 3.63) is 71.2 Å². The molecule has 0 radical (unpaired) electrons. The van der Waals surface area contributed by atoms with E-state index in [2.05, 4.69) is 15.4 Å². The van der Waals surface area contributed by atoms with E-state index in [1.807, 2.05) is 13.0 Å². The first-order valence-electron chi connectivity index (χ1n) is 8.55. The Balaban J connectivity index is 1.76. The molecule has 7 nitrogen and oxygen atoms in total. The van der Waals surface area contributed by atoms with Gasteiger partial charge in [-0.1, -0.05) is 6.07 Å². The van der Waals surface area contributed by atoms with E-state index in [-0.39, 0.29) is 5.91 Å². The Kier molecular flexibility index (Phi) is 5.30. The number of pyridine rings is 1. The van der Waals surface area contributed by atoms with Crippen molar-refractivity contribution < 1.29 is 14.3 Å². The van der Waals surface area contributed by atoms with Crippen LogP contribution in [0.3, 0.4) is 0 Å². The van der Waals surface area contributed by atoms with Gasteiger partial charge in [0.25, 0.3) is 5.91 Å². The van der Waals surface area contributed by atoms with Crippen LogP contribution in [0.1, 0.15) is 38.9 Å². The van der Waals surface area contributed by atoms with Gasteiger partial charge in [0.1, 0.15) is 11.4 Å². The number of carbonyl (C=O) groups excluding carboxylic acids is 2. The predicted molar refractivity (Wildman–Crippen MR) is 101 cm³/mol. The number of aromatic nitrogens is 3. The summed E-state index contributed by atoms with van der Waals surface area (Å²) >= 11 is 0. The summed E-state index contributed by atoms with van der Waals surface area (Å²) in [5.41, 5.74) is 3.36. The van der Waals surface area contributed by atoms with Crippen molar-refractivity contribution in [2.75, 3.05) is 11.9 Å². The Labute approximate surface area is 157 Å². The topological polar surface area (TPSA) is 86.1 Å². The quantitative estimate of drug-likeness (QED) is 0.702. The van der Waals surface area contributed by atoms with Crippen LogP contribution in [0.4, 0.5) is 5.82 Å². The fourth-order valence-electron chi connectivity index (χ4n) is 2.56. The molecule has 0 aliphatic carbocycles. The molecule has 3 rings (SSSR count). The van der Waals surface area contributed by atoms with Gasteiger partial charge in [0, 0.05) is 11.8 Å². The van der Waals surface area contributed by atoms with E-state index < -0.39 is 5.97 Å². The highest BCUT2D eigenvalue weighted by atomic mass is 16.5. The van der Waals surface area contributed by atoms with Crippen molar-refractivity contribution in [3.8, 4) is 5.69 Å². The zero-order chi connectivity index (χ0) is 19.4. The molecule has 138 valence electrons. The molecular formula is C20H20N4O3. The second kappa shape index (κ2) is 7.82. The summed E-state index contributed by atoms with van der Waals surface area (Å²) in [6.07, 6.45) is 3.18. The Morgan fingerprint density at radius 2 is 1.81 bits per heavy atom. The third kappa shape index (κ3) is 4.03. The molecule has 3 aromatic rings. The maximum Gasteiger partial charge on any atom is 0.341 e. The number of amides is 1. The van der Waals surface area contributed by atoms with Gasteiger partial charge in [-0.2, -0.15) is 5.10 Å². The van der Waals surface area contributed by atoms with E-state index in [1.165, 1.54) is 6.20 Å². The van der Waals surface area contributed by atoms with Gasteiger partial charge >= 0.3 is 5.97 Å². The predicted octanol–water partition coefficient (Wildman–Crippen LogP) is 3.31. The second-order valence-corrected chi connectivity index (χ2v) is 6.00. The lowest BCUT2D eigenvalue weighted by atomic mass is 10.2. The molecule has 2 aromatic heterocycles. The molecule has 0 unspecified atom stereocenters. The molecule has 0 fully saturated rings. The van der Waals surface area contributed by atoms with Crippen LogP contribution < -0.4 is 5.32 Å². The van der Waals surface area contributed by atoms with Crippen LogP contribution in [0.5, 0.6) is 0 Å². The standard InChI is InChI=1S/C20H20N4O3/c1-4-27-20(26)17-12-22-24(14(17)3)16-8-6-15(7-9-16)19(25)23-18-10-5-13(2)11-21-18/h5-12H,4H2,1-3H3,(H,21,23,25). The van der Waals surface area contributed by atoms with Crippen molar-refractivity contribution in [2.24, 2.45) is 0 Å². The number of esters is 1. The van der Waals surface area contributed by atoms with Crippen LogP contribution in [-0.2, 0) is 4.74 Å². The first-order chi connectivity index (χ1) is 13.0. The number of carbonyl (C=O) groups is 2. The molecule has 0 saturated heterocycles. The molecule has 0 saturated carbocycles. The fourth-order valence-corrected chi connectivity index (χ4v) is 2.56. The van der Waals surface area contributed by atoms with E-state index in [4.69, 9.17) is 4.74 Å². The number of aryl methyl sites for hydroxylation is 1. The summed E-state index contributed by atoms with van der Waals surface area (Å²) in [5, 5.41) is 7.00. The van der Waals surface area contributed by atoms with Gasteiger partial charge in [-0.25, -0.2) is 14.5 Å². The largest absolute Gasteiger partial charge is 0.462 e. The lowest BCUT2D eigenvalue weighted by molar-refractivity contribution is 0.0525. The van der Waals surface area contributed by atoms with Crippen molar-refractivity contribution in [3.63, 3.8) is 0 Å². The normalized spacial score (nSPS) is 10.5. The van der Waals surface area contributed by atoms with E-state index in [1.54, 1.807) is 55.1 Å². The molecule has 0 bridgehead atoms. The highest BCUT2D eigenvalue weighted by Gasteiger charge is 2.16. The minimum Gasteiger partial charge on any atom is -0.462 e. The molecule has 0 atom stereocenters. The molecule has 1 N–H and O–H groups in total. The molecule has 7 heteroatoms. The van der Waals surface area contributed by atoms with Crippen LogP contribution in [0.2, 0.25) is 0 Å². The Hall–Kier alpha value is -3.48. The SMILES string of the molecule is CCOC(=O)c1cnn(-c2ccc(C(=O)Nc3ccc(C)cn3)cc2)c1C. The maximum absolute atomic E-state index is 12.3. The summed E-state index contributed by atoms with van der Waals surface area (Å²) in [6, 6.07) is 10.6. The Bertz CT molecular complexity index is 960. The molecule has 0 aliphatic rings. The second-order valence-electron chi connectivity index (χ2n) is 6.00. The van der Waals surface area contributed by atoms with E-state index in [0.717, 1.165) is 11.3 Å². The van der Waals surface area contributed by atoms with Crippen LogP contribution >= 0.6 is 0 Å². The monoisotopic (exact) mass is 364 g/mol. The van der Waals surface area contributed by atoms with Gasteiger partial charge in [0.2, 0.25) is 0 Å². The highest BCUT2D eigenvalue weighted by molar-refractivity contribution is 6.03. The van der Waals surface area contributed by atoms with Crippen molar-refractivity contribution in [1.82, 2.24) is 14.8 Å². The van der Waals surface area contributed by atoms with Crippen molar-refractivity contribution in [2.45, 2.75) is 20.8 Å². The zero-order valence-corrected chi connectivity index (χ0v) is 15.4. The summed E-state index contributed by atoms with van der Waals surface area (Å²) in [4.78, 5) is 28.4. The van der Waals surface area contributed by atoms with E-state index >= 15 is 0 Å². The molecule has 1 amide bonds. The van der Waals surface area contributed by atoms with Crippen LogP contribution in [0, 0.1) is 13.8 Å². The number of ether oxygens (including phenoxy) is 1. The molecule has 0 spiro atoms. The van der Waals surface area contributed by atoms with Gasteiger partial charge in [0.05, 0.1) is 24.2 Å². The number of anilines is 1. The third-order valence-corrected chi connectivity index (χ3v) is 4.03. The molecule has 27 heavy (non-hydrogen) atoms. The van der Waals surface area contributed by atoms with Gasteiger partial charge in [-0.15, -0.1) is 0 Å². The molecular weight excluding hydrogens is 344 g/mol. The molecule has 0 aliphatic heterocycles. The van der Waals surface area contributed by atoms with E-state index in [9.17, 15) is 9.59 Å². The number of hydrogen-bond acceptors (Lipinski definition) is 5. The maximum atomic E-state index is 12.3. The van der Waals surface area contributed by atoms with Crippen molar-refractivity contribution >= 4 is 17.7 Å². The molecule has 1 aromatic carbocycles. The number of benzene rings is 1. The number of nitrogens with one attached hydrogen (secondary N) is 1. The number of nitrogens with zero attached hydrogens (tertiary/aromatic N) is 3. The first-order valence-corrected chi connectivity index (χ1v) is 8.55. The smallest absolute Gasteiger partial charge is 0.341 e. The summed E-state index contributed by atoms with van der Waals surface area (Å²) in [5.74, 6) is -0.151. The average Bonchev–Trinajstić information content (AvgIpc) is 3.05. The van der Waals surface area contributed by atoms with Gasteiger partial charge in [0.15, 0.2) is 0 Å². The van der Waals surface area contributed by atoms with Crippen LogP contribution in [0.25, 0.3) is 5.69 Å². The number of hydrogen-bond donors (Lipinski definition) is 1. The minimum atomic E-state index is -0.400. The molecule has 2 heterocycles. The van der Waals surface area contributed by atoms with Gasteiger partial charge < -0.3 is 10.1 Å². The van der Waals surface area contributed by atoms with Crippen molar-refractivity contribution in [1.29, 1.82) is 0 Å². The third-order valence-electron chi connectivity index (χ3n) is 4.03. The van der Waals surface area contributed by atoms with Gasteiger partial charge in [-0.3, -0.25) is 4.79 Å². The highest BCUT2D eigenvalue weighted by Crippen LogP contribution is 2.16. The first kappa shape index (κ1) is 18.3. The lowest BCUT2D eigenvalue weighted by Crippen LogP contribution is -2.13. The lowest BCUT2D eigenvalue weighted by Gasteiger charge is -2.08. The van der Waals surface area contributed by atoms with Crippen LogP contribution in [-0.4, -0.2) is 33.2 Å². The van der Waals surface area contributed by atoms with Crippen LogP contribution in [0.15, 0.2) is 48.8 Å². The Morgan fingerprint density at radius 3 is 2.44 bits per heavy atom. The van der Waals surface area contributed by atoms with E-state index in [0.29, 0.717) is 29.2 Å². The number of rotatable bonds is 5. The zero-order valence-electron chi connectivity index (χ0n) is 15.4.